The van der Waals surface area contributed by atoms with Crippen molar-refractivity contribution in [2.75, 3.05) is 11.9 Å². The minimum Gasteiger partial charge on any atom is -0.479 e. The summed E-state index contributed by atoms with van der Waals surface area (Å²) in [7, 11) is 0. The van der Waals surface area contributed by atoms with Gasteiger partial charge in [-0.3, -0.25) is 0 Å². The van der Waals surface area contributed by atoms with Crippen LogP contribution >= 0.6 is 27.5 Å². The summed E-state index contributed by atoms with van der Waals surface area (Å²) in [5, 5.41) is 12.7. The maximum Gasteiger partial charge on any atom is 0.329 e. The van der Waals surface area contributed by atoms with Crippen LogP contribution in [0.2, 0.25) is 5.02 Å². The van der Waals surface area contributed by atoms with Gasteiger partial charge in [0.05, 0.1) is 5.02 Å². The molecule has 7 heteroatoms. The zero-order valence-corrected chi connectivity index (χ0v) is 13.9. The summed E-state index contributed by atoms with van der Waals surface area (Å²) in [5.41, 5.74) is -0.570. The van der Waals surface area contributed by atoms with Crippen molar-refractivity contribution in [2.45, 2.75) is 31.7 Å². The number of carboxylic acid groups (broad SMARTS) is 1. The molecule has 1 saturated heterocycles. The van der Waals surface area contributed by atoms with Gasteiger partial charge in [0, 0.05) is 16.7 Å². The SMILES string of the molecule is CCC1(C(=O)O)CCCN1C(=O)Nc1ccc(Br)c(Cl)c1. The predicted octanol–water partition coefficient (Wildman–Crippen LogP) is 3.96. The molecule has 0 radical (unpaired) electrons. The number of anilines is 1. The van der Waals surface area contributed by atoms with Gasteiger partial charge in [-0.2, -0.15) is 0 Å². The molecule has 0 aromatic heterocycles. The van der Waals surface area contributed by atoms with Crippen molar-refractivity contribution in [2.24, 2.45) is 0 Å². The zero-order valence-electron chi connectivity index (χ0n) is 11.5. The van der Waals surface area contributed by atoms with E-state index in [0.29, 0.717) is 36.5 Å². The molecular formula is C14H16BrClN2O3. The number of urea groups is 1. The Morgan fingerprint density at radius 1 is 1.52 bits per heavy atom. The summed E-state index contributed by atoms with van der Waals surface area (Å²) >= 11 is 9.26. The number of carbonyl (C=O) groups is 2. The minimum atomic E-state index is -1.11. The van der Waals surface area contributed by atoms with Gasteiger partial charge in [-0.1, -0.05) is 18.5 Å². The van der Waals surface area contributed by atoms with Gasteiger partial charge in [-0.25, -0.2) is 9.59 Å². The van der Waals surface area contributed by atoms with Gasteiger partial charge in [0.15, 0.2) is 0 Å². The normalized spacial score (nSPS) is 21.4. The van der Waals surface area contributed by atoms with Crippen LogP contribution in [0.5, 0.6) is 0 Å². The fraction of sp³-hybridized carbons (Fsp3) is 0.429. The number of hydrogen-bond donors (Lipinski definition) is 2. The second-order valence-corrected chi connectivity index (χ2v) is 6.27. The van der Waals surface area contributed by atoms with Crippen LogP contribution in [0.3, 0.4) is 0 Å². The molecule has 1 heterocycles. The highest BCUT2D eigenvalue weighted by Crippen LogP contribution is 2.33. The number of carbonyl (C=O) groups excluding carboxylic acids is 1. The topological polar surface area (TPSA) is 69.6 Å². The number of amides is 2. The number of hydrogen-bond acceptors (Lipinski definition) is 2. The number of halogens is 2. The monoisotopic (exact) mass is 374 g/mol. The lowest BCUT2D eigenvalue weighted by atomic mass is 9.93. The summed E-state index contributed by atoms with van der Waals surface area (Å²) < 4.78 is 0.733. The Hall–Kier alpha value is -1.27. The van der Waals surface area contributed by atoms with Gasteiger partial charge in [-0.05, 0) is 53.4 Å². The number of likely N-dealkylation sites (tertiary alicyclic amines) is 1. The molecule has 1 atom stereocenters. The largest absolute Gasteiger partial charge is 0.479 e. The molecule has 2 rings (SSSR count). The number of rotatable bonds is 3. The van der Waals surface area contributed by atoms with Gasteiger partial charge in [0.1, 0.15) is 5.54 Å². The lowest BCUT2D eigenvalue weighted by molar-refractivity contribution is -0.148. The molecular weight excluding hydrogens is 360 g/mol. The molecule has 2 N–H and O–H groups in total. The number of carboxylic acids is 1. The molecule has 21 heavy (non-hydrogen) atoms. The third kappa shape index (κ3) is 3.01. The molecule has 0 aliphatic carbocycles. The van der Waals surface area contributed by atoms with Crippen molar-refractivity contribution < 1.29 is 14.7 Å². The van der Waals surface area contributed by atoms with E-state index in [2.05, 4.69) is 21.2 Å². The van der Waals surface area contributed by atoms with Crippen molar-refractivity contribution in [3.05, 3.63) is 27.7 Å². The third-order valence-corrected chi connectivity index (χ3v) is 5.12. The van der Waals surface area contributed by atoms with Crippen LogP contribution in [0, 0.1) is 0 Å². The van der Waals surface area contributed by atoms with E-state index in [1.807, 2.05) is 0 Å². The highest BCUT2D eigenvalue weighted by molar-refractivity contribution is 9.10. The molecule has 0 saturated carbocycles. The van der Waals surface area contributed by atoms with Crippen molar-refractivity contribution >= 4 is 45.2 Å². The summed E-state index contributed by atoms with van der Waals surface area (Å²) in [6.45, 7) is 2.23. The molecule has 0 spiro atoms. The van der Waals surface area contributed by atoms with Crippen LogP contribution in [-0.4, -0.2) is 34.1 Å². The second kappa shape index (κ2) is 6.23. The fourth-order valence-corrected chi connectivity index (χ4v) is 3.11. The van der Waals surface area contributed by atoms with Crippen molar-refractivity contribution in [1.82, 2.24) is 4.90 Å². The number of nitrogens with zero attached hydrogens (tertiary/aromatic N) is 1. The Morgan fingerprint density at radius 3 is 2.81 bits per heavy atom. The van der Waals surface area contributed by atoms with Crippen molar-refractivity contribution in [3.8, 4) is 0 Å². The standard InChI is InChI=1S/C14H16BrClN2O3/c1-2-14(12(19)20)6-3-7-18(14)13(21)17-9-4-5-10(15)11(16)8-9/h4-5,8H,2-3,6-7H2,1H3,(H,17,21)(H,19,20). The van der Waals surface area contributed by atoms with E-state index in [0.717, 1.165) is 4.47 Å². The lowest BCUT2D eigenvalue weighted by Gasteiger charge is -2.33. The maximum atomic E-state index is 12.4. The van der Waals surface area contributed by atoms with Gasteiger partial charge < -0.3 is 15.3 Å². The fourth-order valence-electron chi connectivity index (χ4n) is 2.68. The Labute approximate surface area is 136 Å². The van der Waals surface area contributed by atoms with E-state index >= 15 is 0 Å². The smallest absolute Gasteiger partial charge is 0.329 e. The molecule has 0 bridgehead atoms. The highest BCUT2D eigenvalue weighted by atomic mass is 79.9. The Kier molecular flexibility index (Phi) is 4.78. The number of nitrogens with one attached hydrogen (secondary N) is 1. The molecule has 1 aromatic carbocycles. The van der Waals surface area contributed by atoms with Crippen LogP contribution in [0.4, 0.5) is 10.5 Å². The van der Waals surface area contributed by atoms with Crippen molar-refractivity contribution in [3.63, 3.8) is 0 Å². The van der Waals surface area contributed by atoms with Crippen LogP contribution in [0.1, 0.15) is 26.2 Å². The molecule has 1 aliphatic heterocycles. The average Bonchev–Trinajstić information content (AvgIpc) is 2.88. The van der Waals surface area contributed by atoms with Gasteiger partial charge in [0.2, 0.25) is 0 Å². The highest BCUT2D eigenvalue weighted by Gasteiger charge is 2.48. The van der Waals surface area contributed by atoms with Crippen molar-refractivity contribution in [1.29, 1.82) is 0 Å². The first-order valence-electron chi connectivity index (χ1n) is 6.68. The van der Waals surface area contributed by atoms with E-state index < -0.39 is 17.5 Å². The van der Waals surface area contributed by atoms with E-state index in [1.165, 1.54) is 4.90 Å². The van der Waals surface area contributed by atoms with E-state index in [9.17, 15) is 14.7 Å². The summed E-state index contributed by atoms with van der Waals surface area (Å²) in [6, 6.07) is 4.65. The maximum absolute atomic E-state index is 12.4. The predicted molar refractivity (Wildman–Crippen MR) is 84.8 cm³/mol. The molecule has 1 fully saturated rings. The summed E-state index contributed by atoms with van der Waals surface area (Å²) in [4.78, 5) is 25.4. The minimum absolute atomic E-state index is 0.386. The van der Waals surface area contributed by atoms with E-state index in [-0.39, 0.29) is 0 Å². The lowest BCUT2D eigenvalue weighted by Crippen LogP contribution is -2.54. The van der Waals surface area contributed by atoms with E-state index in [4.69, 9.17) is 11.6 Å². The van der Waals surface area contributed by atoms with E-state index in [1.54, 1.807) is 25.1 Å². The first-order valence-corrected chi connectivity index (χ1v) is 7.85. The first kappa shape index (κ1) is 16.1. The molecule has 1 unspecified atom stereocenters. The van der Waals surface area contributed by atoms with Gasteiger partial charge in [-0.15, -0.1) is 0 Å². The molecule has 1 aliphatic rings. The van der Waals surface area contributed by atoms with Gasteiger partial charge in [0.25, 0.3) is 0 Å². The van der Waals surface area contributed by atoms with Gasteiger partial charge >= 0.3 is 12.0 Å². The molecule has 5 nitrogen and oxygen atoms in total. The first-order chi connectivity index (χ1) is 9.90. The Morgan fingerprint density at radius 2 is 2.24 bits per heavy atom. The average molecular weight is 376 g/mol. The summed E-state index contributed by atoms with van der Waals surface area (Å²) in [5.74, 6) is -0.952. The number of aliphatic carboxylic acids is 1. The zero-order chi connectivity index (χ0) is 15.6. The molecule has 2 amide bonds. The number of benzene rings is 1. The Bertz CT molecular complexity index is 581. The van der Waals surface area contributed by atoms with Crippen LogP contribution in [-0.2, 0) is 4.79 Å². The third-order valence-electron chi connectivity index (χ3n) is 3.89. The second-order valence-electron chi connectivity index (χ2n) is 5.00. The van der Waals surface area contributed by atoms with Crippen LogP contribution in [0.15, 0.2) is 22.7 Å². The quantitative estimate of drug-likeness (QED) is 0.840. The van der Waals surface area contributed by atoms with Crippen LogP contribution in [0.25, 0.3) is 0 Å². The van der Waals surface area contributed by atoms with Crippen LogP contribution < -0.4 is 5.32 Å². The molecule has 114 valence electrons. The summed E-state index contributed by atoms with van der Waals surface area (Å²) in [6.07, 6.45) is 1.55. The Balaban J connectivity index is 2.19. The molecule has 1 aromatic rings.